The Morgan fingerprint density at radius 2 is 1.95 bits per heavy atom. The van der Waals surface area contributed by atoms with Gasteiger partial charge < -0.3 is 20.4 Å². The van der Waals surface area contributed by atoms with E-state index in [1.807, 2.05) is 6.92 Å². The molecule has 6 nitrogen and oxygen atoms in total. The minimum Gasteiger partial charge on any atom is -0.478 e. The number of benzene rings is 1. The van der Waals surface area contributed by atoms with Crippen LogP contribution in [-0.2, 0) is 0 Å². The molecule has 116 valence electrons. The molecule has 0 radical (unpaired) electrons. The Kier molecular flexibility index (Phi) is 6.17. The molecule has 0 spiro atoms. The van der Waals surface area contributed by atoms with Gasteiger partial charge in [0.1, 0.15) is 0 Å². The number of hydrogen-bond donors (Lipinski definition) is 3. The van der Waals surface area contributed by atoms with E-state index in [-0.39, 0.29) is 18.2 Å². The van der Waals surface area contributed by atoms with E-state index in [1.54, 1.807) is 24.8 Å². The fraction of sp³-hybridized carbons (Fsp3) is 0.467. The molecule has 0 unspecified atom stereocenters. The van der Waals surface area contributed by atoms with Gasteiger partial charge >= 0.3 is 12.0 Å². The summed E-state index contributed by atoms with van der Waals surface area (Å²) in [7, 11) is 0. The molecule has 21 heavy (non-hydrogen) atoms. The van der Waals surface area contributed by atoms with Crippen molar-refractivity contribution in [3.8, 4) is 0 Å². The van der Waals surface area contributed by atoms with Gasteiger partial charge in [0.25, 0.3) is 0 Å². The standard InChI is InChI=1S/C15H22N2O4/c1-4-17(6-5-7-18)15(21)16-12-8-10(2)11(3)13(9-12)14(19)20/h8-9,18H,4-7H2,1-3H3,(H,16,21)(H,19,20). The Morgan fingerprint density at radius 3 is 2.48 bits per heavy atom. The zero-order valence-corrected chi connectivity index (χ0v) is 12.6. The minimum atomic E-state index is -1.01. The van der Waals surface area contributed by atoms with E-state index in [0.717, 1.165) is 5.56 Å². The van der Waals surface area contributed by atoms with E-state index in [4.69, 9.17) is 10.2 Å². The Balaban J connectivity index is 2.92. The Morgan fingerprint density at radius 1 is 1.29 bits per heavy atom. The molecule has 0 aliphatic rings. The molecule has 1 rings (SSSR count). The molecule has 6 heteroatoms. The average Bonchev–Trinajstić information content (AvgIpc) is 2.43. The molecule has 0 aliphatic carbocycles. The summed E-state index contributed by atoms with van der Waals surface area (Å²) in [5.74, 6) is -1.01. The molecule has 0 atom stereocenters. The summed E-state index contributed by atoms with van der Waals surface area (Å²) in [6.07, 6.45) is 0.508. The molecule has 0 aromatic heterocycles. The number of aryl methyl sites for hydroxylation is 1. The third-order valence-electron chi connectivity index (χ3n) is 3.40. The van der Waals surface area contributed by atoms with Crippen LogP contribution in [0.1, 0.15) is 34.8 Å². The number of carboxylic acids is 1. The molecule has 0 bridgehead atoms. The monoisotopic (exact) mass is 294 g/mol. The van der Waals surface area contributed by atoms with Gasteiger partial charge in [0.05, 0.1) is 5.56 Å². The highest BCUT2D eigenvalue weighted by atomic mass is 16.4. The van der Waals surface area contributed by atoms with Crippen LogP contribution in [0.25, 0.3) is 0 Å². The van der Waals surface area contributed by atoms with Gasteiger partial charge in [-0.3, -0.25) is 0 Å². The van der Waals surface area contributed by atoms with Crippen LogP contribution >= 0.6 is 0 Å². The van der Waals surface area contributed by atoms with Crippen molar-refractivity contribution in [1.82, 2.24) is 4.90 Å². The molecule has 2 amide bonds. The van der Waals surface area contributed by atoms with Gasteiger partial charge in [0.15, 0.2) is 0 Å². The van der Waals surface area contributed by atoms with Crippen LogP contribution in [0.3, 0.4) is 0 Å². The average molecular weight is 294 g/mol. The number of urea groups is 1. The van der Waals surface area contributed by atoms with Crippen molar-refractivity contribution in [2.75, 3.05) is 25.0 Å². The number of anilines is 1. The number of aromatic carboxylic acids is 1. The van der Waals surface area contributed by atoms with Crippen LogP contribution < -0.4 is 5.32 Å². The normalized spacial score (nSPS) is 10.3. The number of rotatable bonds is 6. The van der Waals surface area contributed by atoms with E-state index in [2.05, 4.69) is 5.32 Å². The van der Waals surface area contributed by atoms with Crippen molar-refractivity contribution in [2.24, 2.45) is 0 Å². The molecular weight excluding hydrogens is 272 g/mol. The van der Waals surface area contributed by atoms with E-state index in [0.29, 0.717) is 30.8 Å². The topological polar surface area (TPSA) is 89.9 Å². The van der Waals surface area contributed by atoms with Crippen molar-refractivity contribution < 1.29 is 19.8 Å². The maximum Gasteiger partial charge on any atom is 0.336 e. The quantitative estimate of drug-likeness (QED) is 0.750. The number of carbonyl (C=O) groups is 2. The number of carbonyl (C=O) groups excluding carboxylic acids is 1. The second-order valence-corrected chi connectivity index (χ2v) is 4.86. The zero-order chi connectivity index (χ0) is 16.0. The summed E-state index contributed by atoms with van der Waals surface area (Å²) in [6.45, 7) is 6.39. The first-order valence-corrected chi connectivity index (χ1v) is 6.92. The Hall–Kier alpha value is -2.08. The number of amides is 2. The molecule has 0 aliphatic heterocycles. The summed E-state index contributed by atoms with van der Waals surface area (Å²) >= 11 is 0. The highest BCUT2D eigenvalue weighted by Crippen LogP contribution is 2.20. The van der Waals surface area contributed by atoms with E-state index >= 15 is 0 Å². The molecule has 3 N–H and O–H groups in total. The predicted molar refractivity (Wildman–Crippen MR) is 80.8 cm³/mol. The van der Waals surface area contributed by atoms with E-state index in [9.17, 15) is 9.59 Å². The molecule has 1 aromatic rings. The van der Waals surface area contributed by atoms with Gasteiger partial charge in [-0.05, 0) is 50.5 Å². The highest BCUT2D eigenvalue weighted by molar-refractivity contribution is 5.94. The van der Waals surface area contributed by atoms with Gasteiger partial charge in [0.2, 0.25) is 0 Å². The van der Waals surface area contributed by atoms with Crippen molar-refractivity contribution in [1.29, 1.82) is 0 Å². The van der Waals surface area contributed by atoms with Crippen molar-refractivity contribution in [2.45, 2.75) is 27.2 Å². The van der Waals surface area contributed by atoms with E-state index < -0.39 is 5.97 Å². The Bertz CT molecular complexity index is 529. The van der Waals surface area contributed by atoms with Gasteiger partial charge in [0, 0.05) is 25.4 Å². The van der Waals surface area contributed by atoms with Crippen LogP contribution in [0.2, 0.25) is 0 Å². The molecular formula is C15H22N2O4. The van der Waals surface area contributed by atoms with Gasteiger partial charge in [-0.2, -0.15) is 0 Å². The molecule has 0 fully saturated rings. The summed E-state index contributed by atoms with van der Waals surface area (Å²) in [6, 6.07) is 2.91. The van der Waals surface area contributed by atoms with Crippen LogP contribution in [0.5, 0.6) is 0 Å². The smallest absolute Gasteiger partial charge is 0.336 e. The molecule has 0 heterocycles. The Labute approximate surface area is 124 Å². The van der Waals surface area contributed by atoms with Gasteiger partial charge in [-0.15, -0.1) is 0 Å². The van der Waals surface area contributed by atoms with E-state index in [1.165, 1.54) is 6.07 Å². The molecule has 0 saturated carbocycles. The predicted octanol–water partition coefficient (Wildman–Crippen LogP) is 2.24. The lowest BCUT2D eigenvalue weighted by molar-refractivity contribution is 0.0696. The summed E-state index contributed by atoms with van der Waals surface area (Å²) in [5, 5.41) is 20.7. The fourth-order valence-corrected chi connectivity index (χ4v) is 2.02. The number of hydrogen-bond acceptors (Lipinski definition) is 3. The number of nitrogens with one attached hydrogen (secondary N) is 1. The lowest BCUT2D eigenvalue weighted by Crippen LogP contribution is -2.36. The first-order valence-electron chi connectivity index (χ1n) is 6.92. The van der Waals surface area contributed by atoms with Crippen LogP contribution in [0.15, 0.2) is 12.1 Å². The maximum atomic E-state index is 12.1. The third-order valence-corrected chi connectivity index (χ3v) is 3.40. The zero-order valence-electron chi connectivity index (χ0n) is 12.6. The molecule has 1 aromatic carbocycles. The number of carboxylic acid groups (broad SMARTS) is 1. The van der Waals surface area contributed by atoms with Crippen LogP contribution in [0, 0.1) is 13.8 Å². The minimum absolute atomic E-state index is 0.0244. The maximum absolute atomic E-state index is 12.1. The van der Waals surface area contributed by atoms with Gasteiger partial charge in [-0.25, -0.2) is 9.59 Å². The molecule has 0 saturated heterocycles. The summed E-state index contributed by atoms with van der Waals surface area (Å²) in [4.78, 5) is 24.9. The van der Waals surface area contributed by atoms with Crippen molar-refractivity contribution in [3.05, 3.63) is 28.8 Å². The first-order chi connectivity index (χ1) is 9.90. The lowest BCUT2D eigenvalue weighted by atomic mass is 10.0. The largest absolute Gasteiger partial charge is 0.478 e. The van der Waals surface area contributed by atoms with Crippen LogP contribution in [0.4, 0.5) is 10.5 Å². The third kappa shape index (κ3) is 4.46. The summed E-state index contributed by atoms with van der Waals surface area (Å²) < 4.78 is 0. The lowest BCUT2D eigenvalue weighted by Gasteiger charge is -2.21. The van der Waals surface area contributed by atoms with Crippen molar-refractivity contribution >= 4 is 17.7 Å². The highest BCUT2D eigenvalue weighted by Gasteiger charge is 2.15. The number of aliphatic hydroxyl groups excluding tert-OH is 1. The fourth-order valence-electron chi connectivity index (χ4n) is 2.02. The number of nitrogens with zero attached hydrogens (tertiary/aromatic N) is 1. The second kappa shape index (κ2) is 7.64. The van der Waals surface area contributed by atoms with Gasteiger partial charge in [-0.1, -0.05) is 0 Å². The van der Waals surface area contributed by atoms with Crippen molar-refractivity contribution in [3.63, 3.8) is 0 Å². The second-order valence-electron chi connectivity index (χ2n) is 4.86. The summed E-state index contributed by atoms with van der Waals surface area (Å²) in [5.41, 5.74) is 2.14. The number of aliphatic hydroxyl groups is 1. The van der Waals surface area contributed by atoms with Crippen LogP contribution in [-0.4, -0.2) is 46.8 Å². The first kappa shape index (κ1) is 17.0. The SMILES string of the molecule is CCN(CCCO)C(=O)Nc1cc(C)c(C)c(C(=O)O)c1.